The van der Waals surface area contributed by atoms with Crippen molar-refractivity contribution in [3.8, 4) is 5.75 Å². The fourth-order valence-corrected chi connectivity index (χ4v) is 2.38. The van der Waals surface area contributed by atoms with E-state index >= 15 is 0 Å². The van der Waals surface area contributed by atoms with Crippen LogP contribution in [0.5, 0.6) is 5.75 Å². The van der Waals surface area contributed by atoms with Crippen molar-refractivity contribution in [2.75, 3.05) is 6.54 Å². The van der Waals surface area contributed by atoms with Crippen LogP contribution in [0.15, 0.2) is 46.9 Å². The molecule has 2 nitrogen and oxygen atoms in total. The van der Waals surface area contributed by atoms with Gasteiger partial charge in [0.15, 0.2) is 0 Å². The SMILES string of the molecule is CCCNCc1cccc(OCc2ccc(F)c(Br)c2)c1. The van der Waals surface area contributed by atoms with Crippen LogP contribution in [0, 0.1) is 5.82 Å². The fraction of sp³-hybridized carbons (Fsp3) is 0.294. The first-order chi connectivity index (χ1) is 10.2. The molecule has 0 aliphatic heterocycles. The van der Waals surface area contributed by atoms with Crippen molar-refractivity contribution in [1.82, 2.24) is 5.32 Å². The summed E-state index contributed by atoms with van der Waals surface area (Å²) in [4.78, 5) is 0. The van der Waals surface area contributed by atoms with E-state index < -0.39 is 0 Å². The van der Waals surface area contributed by atoms with Gasteiger partial charge >= 0.3 is 0 Å². The van der Waals surface area contributed by atoms with Crippen LogP contribution >= 0.6 is 15.9 Å². The predicted molar refractivity (Wildman–Crippen MR) is 86.9 cm³/mol. The van der Waals surface area contributed by atoms with Crippen LogP contribution in [0.1, 0.15) is 24.5 Å². The Kier molecular flexibility index (Phi) is 6.21. The first kappa shape index (κ1) is 16.0. The van der Waals surface area contributed by atoms with E-state index in [4.69, 9.17) is 4.74 Å². The van der Waals surface area contributed by atoms with Crippen molar-refractivity contribution < 1.29 is 9.13 Å². The molecule has 112 valence electrons. The zero-order chi connectivity index (χ0) is 15.1. The molecule has 0 saturated carbocycles. The van der Waals surface area contributed by atoms with Crippen molar-refractivity contribution in [3.63, 3.8) is 0 Å². The summed E-state index contributed by atoms with van der Waals surface area (Å²) < 4.78 is 19.4. The molecule has 1 N–H and O–H groups in total. The van der Waals surface area contributed by atoms with Crippen molar-refractivity contribution in [3.05, 3.63) is 63.9 Å². The summed E-state index contributed by atoms with van der Waals surface area (Å²) in [6.45, 7) is 4.42. The van der Waals surface area contributed by atoms with Crippen molar-refractivity contribution in [2.45, 2.75) is 26.5 Å². The first-order valence-electron chi connectivity index (χ1n) is 7.05. The molecule has 21 heavy (non-hydrogen) atoms. The third-order valence-corrected chi connectivity index (χ3v) is 3.65. The van der Waals surface area contributed by atoms with Crippen LogP contribution in [0.4, 0.5) is 4.39 Å². The average molecular weight is 352 g/mol. The molecule has 2 rings (SSSR count). The molecule has 0 bridgehead atoms. The smallest absolute Gasteiger partial charge is 0.137 e. The molecule has 2 aromatic carbocycles. The molecule has 0 spiro atoms. The van der Waals surface area contributed by atoms with Gasteiger partial charge in [0.2, 0.25) is 0 Å². The number of ether oxygens (including phenoxy) is 1. The molecule has 0 heterocycles. The van der Waals surface area contributed by atoms with Gasteiger partial charge in [-0.25, -0.2) is 4.39 Å². The number of rotatable bonds is 7. The molecule has 0 aliphatic carbocycles. The minimum atomic E-state index is -0.261. The molecule has 4 heteroatoms. The maximum Gasteiger partial charge on any atom is 0.137 e. The van der Waals surface area contributed by atoms with Gasteiger partial charge in [-0.05, 0) is 64.3 Å². The second kappa shape index (κ2) is 8.15. The molecule has 0 aliphatic rings. The Hall–Kier alpha value is -1.39. The van der Waals surface area contributed by atoms with Crippen molar-refractivity contribution >= 4 is 15.9 Å². The van der Waals surface area contributed by atoms with Gasteiger partial charge in [-0.3, -0.25) is 0 Å². The third kappa shape index (κ3) is 5.14. The van der Waals surface area contributed by atoms with Gasteiger partial charge in [-0.2, -0.15) is 0 Å². The van der Waals surface area contributed by atoms with E-state index in [-0.39, 0.29) is 5.82 Å². The third-order valence-electron chi connectivity index (χ3n) is 3.04. The number of hydrogen-bond acceptors (Lipinski definition) is 2. The highest BCUT2D eigenvalue weighted by Crippen LogP contribution is 2.19. The molecule has 0 unspecified atom stereocenters. The normalized spacial score (nSPS) is 10.6. The molecular weight excluding hydrogens is 333 g/mol. The Balaban J connectivity index is 1.93. The Bertz CT molecular complexity index is 589. The highest BCUT2D eigenvalue weighted by molar-refractivity contribution is 9.10. The maximum atomic E-state index is 13.2. The summed E-state index contributed by atoms with van der Waals surface area (Å²) in [7, 11) is 0. The highest BCUT2D eigenvalue weighted by atomic mass is 79.9. The van der Waals surface area contributed by atoms with Crippen LogP contribution in [0.25, 0.3) is 0 Å². The van der Waals surface area contributed by atoms with Gasteiger partial charge in [0.25, 0.3) is 0 Å². The summed E-state index contributed by atoms with van der Waals surface area (Å²) in [5.41, 5.74) is 2.12. The number of halogens is 2. The first-order valence-corrected chi connectivity index (χ1v) is 7.84. The van der Waals surface area contributed by atoms with Crippen LogP contribution in [-0.4, -0.2) is 6.54 Å². The molecule has 0 fully saturated rings. The summed E-state index contributed by atoms with van der Waals surface area (Å²) in [6, 6.07) is 12.9. The van der Waals surface area contributed by atoms with E-state index in [1.54, 1.807) is 12.1 Å². The van der Waals surface area contributed by atoms with E-state index in [0.29, 0.717) is 11.1 Å². The van der Waals surface area contributed by atoms with E-state index in [0.717, 1.165) is 30.8 Å². The fourth-order valence-electron chi connectivity index (χ4n) is 1.95. The van der Waals surface area contributed by atoms with Crippen LogP contribution in [0.3, 0.4) is 0 Å². The number of benzene rings is 2. The van der Waals surface area contributed by atoms with E-state index in [9.17, 15) is 4.39 Å². The topological polar surface area (TPSA) is 21.3 Å². The molecule has 0 saturated heterocycles. The van der Waals surface area contributed by atoms with Crippen molar-refractivity contribution in [1.29, 1.82) is 0 Å². The zero-order valence-corrected chi connectivity index (χ0v) is 13.6. The van der Waals surface area contributed by atoms with Gasteiger partial charge in [-0.1, -0.05) is 25.1 Å². The highest BCUT2D eigenvalue weighted by Gasteiger charge is 2.02. The summed E-state index contributed by atoms with van der Waals surface area (Å²) >= 11 is 3.18. The van der Waals surface area contributed by atoms with Gasteiger partial charge in [-0.15, -0.1) is 0 Å². The molecule has 0 radical (unpaired) electrons. The van der Waals surface area contributed by atoms with Gasteiger partial charge in [0.05, 0.1) is 4.47 Å². The van der Waals surface area contributed by atoms with Crippen LogP contribution < -0.4 is 10.1 Å². The molecule has 2 aromatic rings. The van der Waals surface area contributed by atoms with Gasteiger partial charge < -0.3 is 10.1 Å². The molecular formula is C17H19BrFNO. The minimum absolute atomic E-state index is 0.261. The largest absolute Gasteiger partial charge is 0.489 e. The molecule has 0 aromatic heterocycles. The summed E-state index contributed by atoms with van der Waals surface area (Å²) in [5, 5.41) is 3.36. The molecule has 0 atom stereocenters. The average Bonchev–Trinajstić information content (AvgIpc) is 2.49. The summed E-state index contributed by atoms with van der Waals surface area (Å²) in [5.74, 6) is 0.564. The standard InChI is InChI=1S/C17H19BrFNO/c1-2-8-20-11-13-4-3-5-15(9-13)21-12-14-6-7-17(19)16(18)10-14/h3-7,9-10,20H,2,8,11-12H2,1H3. The quantitative estimate of drug-likeness (QED) is 0.732. The lowest BCUT2D eigenvalue weighted by Gasteiger charge is -2.09. The Labute approximate surface area is 133 Å². The lowest BCUT2D eigenvalue weighted by molar-refractivity contribution is 0.305. The maximum absolute atomic E-state index is 13.2. The van der Waals surface area contributed by atoms with E-state index in [1.807, 2.05) is 18.2 Å². The summed E-state index contributed by atoms with van der Waals surface area (Å²) in [6.07, 6.45) is 1.12. The molecule has 0 amide bonds. The number of nitrogens with one attached hydrogen (secondary N) is 1. The number of hydrogen-bond donors (Lipinski definition) is 1. The van der Waals surface area contributed by atoms with E-state index in [2.05, 4.69) is 34.2 Å². The monoisotopic (exact) mass is 351 g/mol. The Morgan fingerprint density at radius 1 is 1.14 bits per heavy atom. The second-order valence-electron chi connectivity index (χ2n) is 4.86. The van der Waals surface area contributed by atoms with E-state index in [1.165, 1.54) is 11.6 Å². The van der Waals surface area contributed by atoms with Gasteiger partial charge in [0, 0.05) is 6.54 Å². The van der Waals surface area contributed by atoms with Crippen LogP contribution in [0.2, 0.25) is 0 Å². The lowest BCUT2D eigenvalue weighted by atomic mass is 10.2. The zero-order valence-electron chi connectivity index (χ0n) is 12.0. The lowest BCUT2D eigenvalue weighted by Crippen LogP contribution is -2.13. The Morgan fingerprint density at radius 3 is 2.76 bits per heavy atom. The van der Waals surface area contributed by atoms with Crippen LogP contribution in [-0.2, 0) is 13.2 Å². The second-order valence-corrected chi connectivity index (χ2v) is 5.72. The minimum Gasteiger partial charge on any atom is -0.489 e. The predicted octanol–water partition coefficient (Wildman–Crippen LogP) is 4.67. The van der Waals surface area contributed by atoms with Gasteiger partial charge in [0.1, 0.15) is 18.2 Å². The Morgan fingerprint density at radius 2 is 2.00 bits per heavy atom. The van der Waals surface area contributed by atoms with Crippen molar-refractivity contribution in [2.24, 2.45) is 0 Å².